The molecule has 2 amide bonds. The molecule has 1 fully saturated rings. The highest BCUT2D eigenvalue weighted by Crippen LogP contribution is 2.30. The Morgan fingerprint density at radius 2 is 1.80 bits per heavy atom. The molecule has 7 heteroatoms. The molecule has 2 N–H and O–H groups in total. The van der Waals surface area contributed by atoms with Gasteiger partial charge in [0.15, 0.2) is 5.69 Å². The van der Waals surface area contributed by atoms with Gasteiger partial charge in [0.1, 0.15) is 5.58 Å². The van der Waals surface area contributed by atoms with Gasteiger partial charge in [-0.2, -0.15) is 0 Å². The highest BCUT2D eigenvalue weighted by atomic mass is 16.4. The van der Waals surface area contributed by atoms with Gasteiger partial charge in [-0.15, -0.1) is 0 Å². The van der Waals surface area contributed by atoms with Crippen molar-refractivity contribution < 1.29 is 14.0 Å². The number of amides is 2. The number of nitrogens with one attached hydrogen (secondary N) is 2. The van der Waals surface area contributed by atoms with Crippen molar-refractivity contribution in [3.05, 3.63) is 65.0 Å². The van der Waals surface area contributed by atoms with E-state index in [1.54, 1.807) is 17.0 Å². The van der Waals surface area contributed by atoms with Gasteiger partial charge < -0.3 is 20.0 Å². The van der Waals surface area contributed by atoms with Crippen LogP contribution in [0.1, 0.15) is 19.8 Å². The lowest BCUT2D eigenvalue weighted by atomic mass is 10.1. The first-order chi connectivity index (χ1) is 14.6. The molecule has 1 saturated heterocycles. The molecule has 2 aromatic carbocycles. The van der Waals surface area contributed by atoms with Crippen molar-refractivity contribution in [1.29, 1.82) is 0 Å². The molecule has 1 atom stereocenters. The second kappa shape index (κ2) is 8.41. The fourth-order valence-electron chi connectivity index (χ4n) is 3.66. The maximum Gasteiger partial charge on any atom is 0.362 e. The Bertz CT molecular complexity index is 1140. The number of carbonyl (C=O) groups is 2. The summed E-state index contributed by atoms with van der Waals surface area (Å²) in [6.07, 6.45) is 0.947. The Morgan fingerprint density at radius 3 is 2.57 bits per heavy atom. The second-order valence-corrected chi connectivity index (χ2v) is 7.29. The molecule has 4 rings (SSSR count). The predicted molar refractivity (Wildman–Crippen MR) is 117 cm³/mol. The molecule has 1 aromatic heterocycles. The highest BCUT2D eigenvalue weighted by Gasteiger charge is 2.35. The minimum Gasteiger partial charge on any atom is -0.421 e. The van der Waals surface area contributed by atoms with E-state index < -0.39 is 11.5 Å². The number of benzene rings is 2. The first-order valence-electron chi connectivity index (χ1n) is 10.0. The summed E-state index contributed by atoms with van der Waals surface area (Å²) in [6, 6.07) is 16.4. The van der Waals surface area contributed by atoms with Crippen molar-refractivity contribution in [1.82, 2.24) is 0 Å². The average molecular weight is 405 g/mol. The van der Waals surface area contributed by atoms with E-state index in [9.17, 15) is 14.4 Å². The SMILES string of the molecule is CCCNc1c(NC(=O)[C@H]2CC(=O)N(c3ccccc3)C2)c(=O)oc2ccccc12. The van der Waals surface area contributed by atoms with E-state index in [2.05, 4.69) is 10.6 Å². The summed E-state index contributed by atoms with van der Waals surface area (Å²) < 4.78 is 5.40. The summed E-state index contributed by atoms with van der Waals surface area (Å²) in [7, 11) is 0. The molecule has 0 saturated carbocycles. The van der Waals surface area contributed by atoms with Gasteiger partial charge in [-0.25, -0.2) is 4.79 Å². The zero-order chi connectivity index (χ0) is 21.1. The summed E-state index contributed by atoms with van der Waals surface area (Å²) in [5, 5.41) is 6.68. The fraction of sp³-hybridized carbons (Fsp3) is 0.261. The lowest BCUT2D eigenvalue weighted by molar-refractivity contribution is -0.122. The van der Waals surface area contributed by atoms with Crippen LogP contribution in [-0.2, 0) is 9.59 Å². The third-order valence-corrected chi connectivity index (χ3v) is 5.18. The molecule has 2 heterocycles. The number of hydrogen-bond donors (Lipinski definition) is 2. The molecule has 7 nitrogen and oxygen atoms in total. The van der Waals surface area contributed by atoms with Gasteiger partial charge in [-0.05, 0) is 30.7 Å². The minimum absolute atomic E-state index is 0.0813. The summed E-state index contributed by atoms with van der Waals surface area (Å²) in [6.45, 7) is 2.92. The number of rotatable bonds is 6. The maximum absolute atomic E-state index is 13.0. The number of anilines is 3. The van der Waals surface area contributed by atoms with E-state index in [4.69, 9.17) is 4.42 Å². The number of hydrogen-bond acceptors (Lipinski definition) is 5. The van der Waals surface area contributed by atoms with Gasteiger partial charge in [-0.3, -0.25) is 9.59 Å². The summed E-state index contributed by atoms with van der Waals surface area (Å²) in [4.78, 5) is 39.6. The van der Waals surface area contributed by atoms with E-state index in [0.717, 1.165) is 12.1 Å². The van der Waals surface area contributed by atoms with Crippen LogP contribution in [0.25, 0.3) is 11.0 Å². The Hall–Kier alpha value is -3.61. The molecule has 30 heavy (non-hydrogen) atoms. The van der Waals surface area contributed by atoms with Crippen LogP contribution in [0, 0.1) is 5.92 Å². The maximum atomic E-state index is 13.0. The number of nitrogens with zero attached hydrogens (tertiary/aromatic N) is 1. The molecule has 0 bridgehead atoms. The van der Waals surface area contributed by atoms with E-state index in [-0.39, 0.29) is 30.5 Å². The predicted octanol–water partition coefficient (Wildman–Crippen LogP) is 3.61. The molecule has 154 valence electrons. The third-order valence-electron chi connectivity index (χ3n) is 5.18. The number of carbonyl (C=O) groups excluding carboxylic acids is 2. The van der Waals surface area contributed by atoms with Crippen molar-refractivity contribution in [2.24, 2.45) is 5.92 Å². The van der Waals surface area contributed by atoms with Gasteiger partial charge in [0.25, 0.3) is 0 Å². The zero-order valence-electron chi connectivity index (χ0n) is 16.7. The molecular formula is C23H23N3O4. The number of para-hydroxylation sites is 2. The second-order valence-electron chi connectivity index (χ2n) is 7.29. The minimum atomic E-state index is -0.620. The van der Waals surface area contributed by atoms with Gasteiger partial charge in [0.2, 0.25) is 11.8 Å². The Balaban J connectivity index is 1.61. The van der Waals surface area contributed by atoms with Crippen molar-refractivity contribution in [2.75, 3.05) is 28.6 Å². The fourth-order valence-corrected chi connectivity index (χ4v) is 3.66. The van der Waals surface area contributed by atoms with Crippen molar-refractivity contribution in [2.45, 2.75) is 19.8 Å². The molecule has 0 unspecified atom stereocenters. The Morgan fingerprint density at radius 1 is 1.07 bits per heavy atom. The van der Waals surface area contributed by atoms with E-state index in [1.807, 2.05) is 49.4 Å². The van der Waals surface area contributed by atoms with Crippen molar-refractivity contribution in [3.63, 3.8) is 0 Å². The van der Waals surface area contributed by atoms with Crippen LogP contribution in [0.2, 0.25) is 0 Å². The Kier molecular flexibility index (Phi) is 5.52. The molecule has 3 aromatic rings. The van der Waals surface area contributed by atoms with Crippen LogP contribution < -0.4 is 21.2 Å². The lowest BCUT2D eigenvalue weighted by Gasteiger charge is -2.17. The molecule has 0 spiro atoms. The smallest absolute Gasteiger partial charge is 0.362 e. The first-order valence-corrected chi connectivity index (χ1v) is 10.0. The van der Waals surface area contributed by atoms with Crippen molar-refractivity contribution >= 4 is 39.8 Å². The summed E-state index contributed by atoms with van der Waals surface area (Å²) in [5.74, 6) is -1.04. The summed E-state index contributed by atoms with van der Waals surface area (Å²) >= 11 is 0. The molecule has 1 aliphatic heterocycles. The number of fused-ring (bicyclic) bond motifs is 1. The van der Waals surface area contributed by atoms with E-state index in [1.165, 1.54) is 0 Å². The zero-order valence-corrected chi connectivity index (χ0v) is 16.7. The van der Waals surface area contributed by atoms with Gasteiger partial charge >= 0.3 is 5.63 Å². The van der Waals surface area contributed by atoms with E-state index >= 15 is 0 Å². The summed E-state index contributed by atoms with van der Waals surface area (Å²) in [5.41, 5.74) is 1.21. The standard InChI is InChI=1S/C23H23N3O4/c1-2-12-24-20-17-10-6-7-11-18(17)30-23(29)21(20)25-22(28)15-13-19(27)26(14-15)16-8-4-3-5-9-16/h3-11,15,24H,2,12-14H2,1H3,(H,25,28)/t15-/m0/s1. The molecule has 1 aliphatic rings. The molecular weight excluding hydrogens is 382 g/mol. The third kappa shape index (κ3) is 3.78. The monoisotopic (exact) mass is 405 g/mol. The average Bonchev–Trinajstić information content (AvgIpc) is 3.16. The Labute approximate surface area is 173 Å². The van der Waals surface area contributed by atoms with Gasteiger partial charge in [0.05, 0.1) is 11.6 Å². The van der Waals surface area contributed by atoms with Gasteiger partial charge in [-0.1, -0.05) is 37.3 Å². The van der Waals surface area contributed by atoms with Crippen LogP contribution in [0.3, 0.4) is 0 Å². The highest BCUT2D eigenvalue weighted by molar-refractivity contribution is 6.06. The van der Waals surface area contributed by atoms with Crippen molar-refractivity contribution in [3.8, 4) is 0 Å². The molecule has 0 aliphatic carbocycles. The van der Waals surface area contributed by atoms with E-state index in [0.29, 0.717) is 23.2 Å². The first kappa shape index (κ1) is 19.7. The molecule has 0 radical (unpaired) electrons. The normalized spacial score (nSPS) is 16.1. The van der Waals surface area contributed by atoms with Crippen LogP contribution >= 0.6 is 0 Å². The lowest BCUT2D eigenvalue weighted by Crippen LogP contribution is -2.29. The topological polar surface area (TPSA) is 91.6 Å². The largest absolute Gasteiger partial charge is 0.421 e. The quantitative estimate of drug-likeness (QED) is 0.612. The van der Waals surface area contributed by atoms with Crippen LogP contribution in [0.15, 0.2) is 63.8 Å². The van der Waals surface area contributed by atoms with Crippen LogP contribution in [0.4, 0.5) is 17.1 Å². The van der Waals surface area contributed by atoms with Crippen LogP contribution in [0.5, 0.6) is 0 Å². The van der Waals surface area contributed by atoms with Crippen LogP contribution in [-0.4, -0.2) is 24.9 Å². The van der Waals surface area contributed by atoms with Gasteiger partial charge in [0, 0.05) is 30.6 Å².